The van der Waals surface area contributed by atoms with Gasteiger partial charge in [0.15, 0.2) is 24.4 Å². The summed E-state index contributed by atoms with van der Waals surface area (Å²) in [5, 5.41) is 38.4. The number of likely N-dealkylation sites (N-methyl/N-ethyl adjacent to an activating group) is 3. The Hall–Kier alpha value is -5.49. The molecule has 1 aromatic heterocycles. The Morgan fingerprint density at radius 1 is 0.796 bits per heavy atom. The smallest absolute Gasteiger partial charge is 0.272 e. The zero-order valence-electron chi connectivity index (χ0n) is 30.5. The first kappa shape index (κ1) is 39.7. The van der Waals surface area contributed by atoms with E-state index in [-0.39, 0.29) is 34.1 Å². The van der Waals surface area contributed by atoms with Gasteiger partial charge >= 0.3 is 0 Å². The third-order valence-electron chi connectivity index (χ3n) is 9.04. The molecule has 4 aliphatic rings. The van der Waals surface area contributed by atoms with Gasteiger partial charge in [0, 0.05) is 45.0 Å². The summed E-state index contributed by atoms with van der Waals surface area (Å²) in [6.45, 7) is 1.88. The third kappa shape index (κ3) is 8.49. The standard InChI is InChI=1S/C20H23N3O4S.C11H12N2O4.C6H10N2O/c1-11-7-8-13(27-11)15(14-6-4-10-28-14)22-17-16(18(24)19(17)25)21-12-5-3-9-23(2)20(12)26;1-13-5-3-4-6(11(13)16)12-7-8(14)9(15)10(7)17-2;1-8-4-2-3-5(7)6(8)9/h3,5,7-9,14-15,20-22,26H,4,6,10H2,1-2H3;3-5,11-12,16H,1-2H3;2-4,6,9H,7H2,1H3. The molecule has 0 saturated carbocycles. The second-order valence-electron chi connectivity index (χ2n) is 12.9. The quantitative estimate of drug-likeness (QED) is 0.153. The normalized spacial score (nSPS) is 22.4. The van der Waals surface area contributed by atoms with Gasteiger partial charge in [-0.25, -0.2) is 0 Å². The highest BCUT2D eigenvalue weighted by atomic mass is 32.2. The van der Waals surface area contributed by atoms with Gasteiger partial charge in [0.05, 0.1) is 30.2 Å². The molecule has 17 heteroatoms. The summed E-state index contributed by atoms with van der Waals surface area (Å²) in [7, 11) is 6.50. The van der Waals surface area contributed by atoms with Crippen molar-refractivity contribution in [2.24, 2.45) is 5.73 Å². The monoisotopic (exact) mass is 763 g/mol. The lowest BCUT2D eigenvalue weighted by molar-refractivity contribution is 0.0846. The third-order valence-corrected chi connectivity index (χ3v) is 10.5. The maximum atomic E-state index is 12.3. The van der Waals surface area contributed by atoms with Crippen molar-refractivity contribution in [3.8, 4) is 5.75 Å². The highest BCUT2D eigenvalue weighted by Gasteiger charge is 2.33. The number of nitrogens with two attached hydrogens (primary N) is 1. The first-order valence-corrected chi connectivity index (χ1v) is 18.1. The van der Waals surface area contributed by atoms with E-state index in [1.165, 1.54) is 7.11 Å². The number of hydrogen-bond donors (Lipinski definition) is 7. The van der Waals surface area contributed by atoms with Crippen LogP contribution in [0.2, 0.25) is 0 Å². The van der Waals surface area contributed by atoms with E-state index in [0.717, 1.165) is 30.1 Å². The van der Waals surface area contributed by atoms with Crippen LogP contribution in [0, 0.1) is 6.92 Å². The van der Waals surface area contributed by atoms with Crippen LogP contribution in [0.4, 0.5) is 17.1 Å². The molecule has 8 N–H and O–H groups in total. The van der Waals surface area contributed by atoms with Gasteiger partial charge in [-0.3, -0.25) is 19.2 Å². The minimum absolute atomic E-state index is 0.000283. The van der Waals surface area contributed by atoms with Crippen LogP contribution in [0.15, 0.2) is 108 Å². The second-order valence-corrected chi connectivity index (χ2v) is 14.2. The molecule has 4 aliphatic heterocycles. The van der Waals surface area contributed by atoms with Gasteiger partial charge in [0.2, 0.25) is 0 Å². The Balaban J connectivity index is 0.000000182. The molecule has 2 aromatic carbocycles. The van der Waals surface area contributed by atoms with Crippen molar-refractivity contribution in [2.45, 2.75) is 49.7 Å². The zero-order chi connectivity index (χ0) is 39.3. The van der Waals surface area contributed by atoms with Crippen LogP contribution in [-0.4, -0.2) is 88.0 Å². The van der Waals surface area contributed by atoms with Gasteiger partial charge in [0.1, 0.15) is 28.6 Å². The van der Waals surface area contributed by atoms with Crippen LogP contribution in [0.25, 0.3) is 0 Å². The van der Waals surface area contributed by atoms with Crippen molar-refractivity contribution in [2.75, 3.05) is 50.0 Å². The predicted molar refractivity (Wildman–Crippen MR) is 209 cm³/mol. The van der Waals surface area contributed by atoms with Crippen LogP contribution in [0.5, 0.6) is 5.75 Å². The fourth-order valence-electron chi connectivity index (χ4n) is 5.85. The molecule has 1 saturated heterocycles. The number of allylic oxidation sites excluding steroid dienone is 6. The number of rotatable bonds is 9. The molecule has 5 unspecified atom stereocenters. The molecule has 288 valence electrons. The molecule has 7 rings (SSSR count). The van der Waals surface area contributed by atoms with Crippen molar-refractivity contribution >= 4 is 28.8 Å². The predicted octanol–water partition coefficient (Wildman–Crippen LogP) is 1.28. The number of aliphatic hydroxyl groups is 3. The number of aliphatic hydroxyl groups excluding tert-OH is 3. The molecule has 3 aromatic rings. The molecular formula is C37H45N7O9S. The molecular weight excluding hydrogens is 719 g/mol. The zero-order valence-corrected chi connectivity index (χ0v) is 31.3. The van der Waals surface area contributed by atoms with Gasteiger partial charge in [-0.1, -0.05) is 0 Å². The van der Waals surface area contributed by atoms with E-state index in [1.807, 2.05) is 30.8 Å². The Morgan fingerprint density at radius 2 is 1.33 bits per heavy atom. The fraction of sp³-hybridized carbons (Fsp3) is 0.351. The van der Waals surface area contributed by atoms with Crippen LogP contribution >= 0.6 is 11.8 Å². The maximum absolute atomic E-state index is 12.3. The van der Waals surface area contributed by atoms with Crippen molar-refractivity contribution in [3.05, 3.63) is 137 Å². The van der Waals surface area contributed by atoms with Crippen molar-refractivity contribution in [3.63, 3.8) is 0 Å². The number of hydrogen-bond acceptors (Lipinski definition) is 17. The second kappa shape index (κ2) is 17.1. The lowest BCUT2D eigenvalue weighted by atomic mass is 10.0. The molecule has 0 aliphatic carbocycles. The molecule has 5 atom stereocenters. The van der Waals surface area contributed by atoms with Crippen molar-refractivity contribution in [1.82, 2.24) is 14.7 Å². The van der Waals surface area contributed by atoms with Gasteiger partial charge < -0.3 is 60.9 Å². The summed E-state index contributed by atoms with van der Waals surface area (Å²) in [6, 6.07) is 3.62. The molecule has 5 heterocycles. The van der Waals surface area contributed by atoms with E-state index < -0.39 is 40.4 Å². The number of nitrogens with one attached hydrogen (secondary N) is 3. The average molecular weight is 764 g/mol. The van der Waals surface area contributed by atoms with E-state index in [0.29, 0.717) is 17.1 Å². The molecule has 0 amide bonds. The summed E-state index contributed by atoms with van der Waals surface area (Å²) >= 11 is 1.84. The number of ether oxygens (including phenoxy) is 1. The van der Waals surface area contributed by atoms with E-state index in [4.69, 9.17) is 20.0 Å². The summed E-state index contributed by atoms with van der Waals surface area (Å²) in [6.07, 6.45) is 15.1. The number of methoxy groups -OCH3 is 1. The van der Waals surface area contributed by atoms with Gasteiger partial charge in [-0.05, 0) is 74.1 Å². The van der Waals surface area contributed by atoms with Crippen LogP contribution < -0.4 is 48.1 Å². The molecule has 1 fully saturated rings. The number of furan rings is 1. The van der Waals surface area contributed by atoms with E-state index in [2.05, 4.69) is 16.0 Å². The number of anilines is 3. The van der Waals surface area contributed by atoms with Gasteiger partial charge in [-0.2, -0.15) is 11.8 Å². The Morgan fingerprint density at radius 3 is 1.83 bits per heavy atom. The SMILES string of the molecule is CN1C=CC=C(N)C1O.COc1c(NC2=CC=CN(C)C2O)c(=O)c1=O.Cc1ccc(C(Nc2c(NC3=CC=CN(C)C3O)c(=O)c2=O)C2CCCS2)o1. The highest BCUT2D eigenvalue weighted by Crippen LogP contribution is 2.39. The van der Waals surface area contributed by atoms with Crippen LogP contribution in [0.3, 0.4) is 0 Å². The molecule has 0 radical (unpaired) electrons. The topological polar surface area (TPSA) is 223 Å². The minimum atomic E-state index is -0.906. The molecule has 0 spiro atoms. The van der Waals surface area contributed by atoms with E-state index in [1.54, 1.807) is 90.9 Å². The molecule has 16 nitrogen and oxygen atoms in total. The summed E-state index contributed by atoms with van der Waals surface area (Å²) < 4.78 is 10.6. The van der Waals surface area contributed by atoms with Crippen molar-refractivity contribution in [1.29, 1.82) is 0 Å². The van der Waals surface area contributed by atoms with Crippen LogP contribution in [-0.2, 0) is 0 Å². The van der Waals surface area contributed by atoms with E-state index in [9.17, 15) is 29.4 Å². The lowest BCUT2D eigenvalue weighted by Gasteiger charge is -2.29. The summed E-state index contributed by atoms with van der Waals surface area (Å²) in [5.41, 5.74) is 4.86. The minimum Gasteiger partial charge on any atom is -0.491 e. The first-order valence-electron chi connectivity index (χ1n) is 17.0. The maximum Gasteiger partial charge on any atom is 0.272 e. The van der Waals surface area contributed by atoms with E-state index >= 15 is 0 Å². The Kier molecular flexibility index (Phi) is 12.6. The average Bonchev–Trinajstić information content (AvgIpc) is 3.86. The largest absolute Gasteiger partial charge is 0.491 e. The number of thioether (sulfide) groups is 1. The fourth-order valence-corrected chi connectivity index (χ4v) is 7.21. The number of nitrogens with zero attached hydrogens (tertiary/aromatic N) is 3. The summed E-state index contributed by atoms with van der Waals surface area (Å²) in [4.78, 5) is 51.7. The van der Waals surface area contributed by atoms with Crippen molar-refractivity contribution < 1.29 is 24.5 Å². The summed E-state index contributed by atoms with van der Waals surface area (Å²) in [5.74, 6) is 2.63. The molecule has 54 heavy (non-hydrogen) atoms. The Bertz CT molecular complexity index is 2150. The highest BCUT2D eigenvalue weighted by molar-refractivity contribution is 8.00. The first-order chi connectivity index (χ1) is 25.7. The van der Waals surface area contributed by atoms with Gasteiger partial charge in [0.25, 0.3) is 21.7 Å². The molecule has 0 bridgehead atoms. The number of aryl methyl sites for hydroxylation is 1. The van der Waals surface area contributed by atoms with Crippen LogP contribution in [0.1, 0.15) is 30.4 Å². The lowest BCUT2D eigenvalue weighted by Crippen LogP contribution is -2.41. The Labute approximate surface area is 315 Å². The van der Waals surface area contributed by atoms with Gasteiger partial charge in [-0.15, -0.1) is 0 Å².